The van der Waals surface area contributed by atoms with Crippen LogP contribution in [0, 0.1) is 0 Å². The average Bonchev–Trinajstić information content (AvgIpc) is 3.31. The predicted molar refractivity (Wildman–Crippen MR) is 135 cm³/mol. The van der Waals surface area contributed by atoms with E-state index in [9.17, 15) is 9.59 Å². The third-order valence-corrected chi connectivity index (χ3v) is 6.69. The van der Waals surface area contributed by atoms with Crippen molar-refractivity contribution >= 4 is 49.9 Å². The number of amides is 1. The summed E-state index contributed by atoms with van der Waals surface area (Å²) in [5.74, 6) is 0.652. The van der Waals surface area contributed by atoms with Gasteiger partial charge in [0, 0.05) is 49.8 Å². The molecule has 1 saturated heterocycles. The molecule has 1 amide bonds. The van der Waals surface area contributed by atoms with Crippen molar-refractivity contribution < 1.29 is 4.79 Å². The highest BCUT2D eigenvalue weighted by atomic mass is 32.1. The number of aromatic nitrogens is 5. The van der Waals surface area contributed by atoms with E-state index < -0.39 is 0 Å². The molecule has 3 aromatic heterocycles. The molecule has 5 aromatic rings. The lowest BCUT2D eigenvalue weighted by Gasteiger charge is -2.34. The summed E-state index contributed by atoms with van der Waals surface area (Å²) in [6.45, 7) is 2.54. The van der Waals surface area contributed by atoms with Gasteiger partial charge in [0.15, 0.2) is 0 Å². The number of benzene rings is 2. The molecule has 0 radical (unpaired) electrons. The minimum atomic E-state index is -0.209. The first kappa shape index (κ1) is 21.2. The Morgan fingerprint density at radius 2 is 1.74 bits per heavy atom. The average molecular weight is 485 g/mol. The molecule has 0 bridgehead atoms. The Hall–Kier alpha value is -4.38. The maximum atomic E-state index is 13.1. The lowest BCUT2D eigenvalue weighted by molar-refractivity contribution is 0.0746. The highest BCUT2D eigenvalue weighted by Gasteiger charge is 2.23. The number of hydrogen-bond acceptors (Lipinski definition) is 9. The molecule has 1 aliphatic heterocycles. The number of piperazine rings is 1. The second kappa shape index (κ2) is 8.76. The van der Waals surface area contributed by atoms with Gasteiger partial charge in [0.05, 0.1) is 10.9 Å². The van der Waals surface area contributed by atoms with E-state index in [1.165, 1.54) is 15.9 Å². The van der Waals surface area contributed by atoms with Gasteiger partial charge in [-0.1, -0.05) is 29.5 Å². The number of nitrogens with one attached hydrogen (secondary N) is 1. The van der Waals surface area contributed by atoms with Gasteiger partial charge in [-0.2, -0.15) is 4.52 Å². The second-order valence-corrected chi connectivity index (χ2v) is 9.03. The quantitative estimate of drug-likeness (QED) is 0.415. The van der Waals surface area contributed by atoms with Crippen LogP contribution >= 0.6 is 11.3 Å². The van der Waals surface area contributed by atoms with Gasteiger partial charge in [-0.15, -0.1) is 5.10 Å². The molecule has 0 saturated carbocycles. The molecule has 1 aliphatic rings. The molecular weight excluding hydrogens is 464 g/mol. The Morgan fingerprint density at radius 1 is 0.943 bits per heavy atom. The molecule has 0 unspecified atom stereocenters. The van der Waals surface area contributed by atoms with E-state index >= 15 is 0 Å². The van der Waals surface area contributed by atoms with Gasteiger partial charge in [-0.25, -0.2) is 15.0 Å². The first-order chi connectivity index (χ1) is 17.2. The zero-order chi connectivity index (χ0) is 23.8. The summed E-state index contributed by atoms with van der Waals surface area (Å²) >= 11 is 1.28. The van der Waals surface area contributed by atoms with E-state index in [0.29, 0.717) is 64.4 Å². The van der Waals surface area contributed by atoms with Crippen LogP contribution in [-0.4, -0.2) is 61.6 Å². The summed E-state index contributed by atoms with van der Waals surface area (Å²) < 4.78 is 1.31. The van der Waals surface area contributed by atoms with E-state index in [0.717, 1.165) is 0 Å². The molecule has 1 N–H and O–H groups in total. The minimum Gasteiger partial charge on any atom is -0.337 e. The van der Waals surface area contributed by atoms with Crippen molar-refractivity contribution in [2.45, 2.75) is 0 Å². The van der Waals surface area contributed by atoms with Crippen molar-refractivity contribution in [3.8, 4) is 0 Å². The van der Waals surface area contributed by atoms with Gasteiger partial charge in [-0.05, 0) is 36.4 Å². The van der Waals surface area contributed by atoms with Crippen LogP contribution in [0.25, 0.3) is 15.9 Å². The molecule has 0 spiro atoms. The number of fused-ring (bicyclic) bond motifs is 2. The second-order valence-electron chi connectivity index (χ2n) is 8.07. The summed E-state index contributed by atoms with van der Waals surface area (Å²) in [4.78, 5) is 43.5. The normalized spacial score (nSPS) is 13.9. The summed E-state index contributed by atoms with van der Waals surface area (Å²) in [5.41, 5.74) is 1.73. The van der Waals surface area contributed by atoms with Crippen molar-refractivity contribution in [1.29, 1.82) is 0 Å². The number of carbonyl (C=O) groups excluding carboxylic acids is 1. The van der Waals surface area contributed by atoms with E-state index in [2.05, 4.69) is 30.3 Å². The Kier molecular flexibility index (Phi) is 5.30. The first-order valence-corrected chi connectivity index (χ1v) is 11.9. The van der Waals surface area contributed by atoms with Crippen molar-refractivity contribution in [2.75, 3.05) is 36.4 Å². The monoisotopic (exact) mass is 484 g/mol. The molecule has 0 aliphatic carbocycles. The zero-order valence-electron chi connectivity index (χ0n) is 18.5. The number of anilines is 3. The Labute approximate surface area is 203 Å². The molecule has 4 heterocycles. The van der Waals surface area contributed by atoms with E-state index in [1.54, 1.807) is 42.7 Å². The summed E-state index contributed by atoms with van der Waals surface area (Å²) in [6, 6.07) is 16.3. The molecule has 35 heavy (non-hydrogen) atoms. The minimum absolute atomic E-state index is 0.0317. The van der Waals surface area contributed by atoms with Crippen LogP contribution in [0.5, 0.6) is 0 Å². The number of rotatable bonds is 4. The number of carbonyl (C=O) groups is 1. The van der Waals surface area contributed by atoms with Crippen molar-refractivity contribution in [2.24, 2.45) is 0 Å². The highest BCUT2D eigenvalue weighted by Crippen LogP contribution is 2.24. The summed E-state index contributed by atoms with van der Waals surface area (Å²) in [5, 5.41) is 8.65. The summed E-state index contributed by atoms with van der Waals surface area (Å²) in [7, 11) is 0. The zero-order valence-corrected chi connectivity index (χ0v) is 19.4. The maximum absolute atomic E-state index is 13.1. The molecule has 6 rings (SSSR count). The molecule has 174 valence electrons. The SMILES string of the molecule is O=C(c1cccc(Nc2nn3c(=O)c4ccccc4nc3s2)c1)N1CCN(c2ncccn2)CC1. The van der Waals surface area contributed by atoms with Gasteiger partial charge in [0.1, 0.15) is 0 Å². The van der Waals surface area contributed by atoms with Gasteiger partial charge in [0.2, 0.25) is 16.0 Å². The lowest BCUT2D eigenvalue weighted by atomic mass is 10.1. The number of hydrogen-bond donors (Lipinski definition) is 1. The number of para-hydroxylation sites is 1. The van der Waals surface area contributed by atoms with Crippen LogP contribution in [0.3, 0.4) is 0 Å². The largest absolute Gasteiger partial charge is 0.337 e. The highest BCUT2D eigenvalue weighted by molar-refractivity contribution is 7.20. The summed E-state index contributed by atoms with van der Waals surface area (Å²) in [6.07, 6.45) is 3.44. The molecule has 10 nitrogen and oxygen atoms in total. The lowest BCUT2D eigenvalue weighted by Crippen LogP contribution is -2.49. The molecular formula is C24H20N8O2S. The molecule has 2 aromatic carbocycles. The van der Waals surface area contributed by atoms with E-state index in [-0.39, 0.29) is 11.5 Å². The molecule has 1 fully saturated rings. The topological polar surface area (TPSA) is 109 Å². The van der Waals surface area contributed by atoms with Crippen molar-refractivity contribution in [1.82, 2.24) is 29.5 Å². The van der Waals surface area contributed by atoms with Crippen LogP contribution in [0.4, 0.5) is 16.8 Å². The van der Waals surface area contributed by atoms with E-state index in [4.69, 9.17) is 0 Å². The third-order valence-electron chi connectivity index (χ3n) is 5.87. The Bertz CT molecular complexity index is 1590. The maximum Gasteiger partial charge on any atom is 0.283 e. The smallest absolute Gasteiger partial charge is 0.283 e. The molecule has 0 atom stereocenters. The van der Waals surface area contributed by atoms with Crippen LogP contribution < -0.4 is 15.8 Å². The van der Waals surface area contributed by atoms with Crippen LogP contribution in [-0.2, 0) is 0 Å². The van der Waals surface area contributed by atoms with Gasteiger partial charge >= 0.3 is 0 Å². The van der Waals surface area contributed by atoms with Crippen molar-refractivity contribution in [3.05, 3.63) is 82.9 Å². The van der Waals surface area contributed by atoms with Crippen LogP contribution in [0.15, 0.2) is 71.8 Å². The molecule has 11 heteroatoms. The Morgan fingerprint density at radius 3 is 2.57 bits per heavy atom. The van der Waals surface area contributed by atoms with Crippen molar-refractivity contribution in [3.63, 3.8) is 0 Å². The fraction of sp³-hybridized carbons (Fsp3) is 0.167. The fourth-order valence-corrected chi connectivity index (χ4v) is 4.92. The Balaban J connectivity index is 1.19. The van der Waals surface area contributed by atoms with Gasteiger partial charge in [-0.3, -0.25) is 9.59 Å². The van der Waals surface area contributed by atoms with Gasteiger partial charge < -0.3 is 15.1 Å². The number of nitrogens with zero attached hydrogens (tertiary/aromatic N) is 7. The predicted octanol–water partition coefficient (Wildman–Crippen LogP) is 2.80. The van der Waals surface area contributed by atoms with E-state index in [1.807, 2.05) is 29.2 Å². The standard InChI is InChI=1S/C24H20N8O2S/c33-20(30-11-13-31(14-12-30)22-25-9-4-10-26-22)16-5-3-6-17(15-16)27-23-29-32-21(34)18-7-1-2-8-19(18)28-24(32)35-23/h1-10,15H,11-14H2,(H,27,29). The fourth-order valence-electron chi connectivity index (χ4n) is 4.11. The van der Waals surface area contributed by atoms with Crippen LogP contribution in [0.1, 0.15) is 10.4 Å². The van der Waals surface area contributed by atoms with Crippen LogP contribution in [0.2, 0.25) is 0 Å². The third kappa shape index (κ3) is 4.06. The van der Waals surface area contributed by atoms with Gasteiger partial charge in [0.25, 0.3) is 11.5 Å². The first-order valence-electron chi connectivity index (χ1n) is 11.1.